The first kappa shape index (κ1) is 23.3. The third-order valence-electron chi connectivity index (χ3n) is 0.779. The predicted molar refractivity (Wildman–Crippen MR) is 57.1 cm³/mol. The molecule has 0 heterocycles. The maximum Gasteiger partial charge on any atom is 0.320 e. The lowest BCUT2D eigenvalue weighted by molar-refractivity contribution is -0.139. The molecule has 0 aromatic heterocycles. The molecule has 6 nitrogen and oxygen atoms in total. The second-order valence-electron chi connectivity index (χ2n) is 2.25. The molecule has 8 heteroatoms. The molecule has 0 radical (unpaired) electrons. The van der Waals surface area contributed by atoms with Crippen LogP contribution in [0.1, 0.15) is 13.8 Å². The summed E-state index contributed by atoms with van der Waals surface area (Å²) in [6, 6.07) is -1.46. The monoisotopic (exact) mass is 250 g/mol. The Morgan fingerprint density at radius 1 is 0.929 bits per heavy atom. The minimum absolute atomic E-state index is 0. The van der Waals surface area contributed by atoms with Crippen LogP contribution in [0.25, 0.3) is 0 Å². The molecular weight excluding hydrogens is 235 g/mol. The number of carboxylic acid groups (broad SMARTS) is 2. The number of hydrogen-bond donors (Lipinski definition) is 4. The van der Waals surface area contributed by atoms with Crippen LogP contribution in [0.4, 0.5) is 0 Å². The fourth-order valence-electron chi connectivity index (χ4n) is 0. The van der Waals surface area contributed by atoms with Gasteiger partial charge in [0.05, 0.1) is 0 Å². The normalized spacial score (nSPS) is 11.7. The van der Waals surface area contributed by atoms with Gasteiger partial charge in [-0.3, -0.25) is 9.59 Å². The quantitative estimate of drug-likeness (QED) is 0.532. The molecule has 0 aliphatic heterocycles. The number of rotatable bonds is 2. The van der Waals surface area contributed by atoms with E-state index in [1.807, 2.05) is 0 Å². The molecule has 14 heavy (non-hydrogen) atoms. The zero-order valence-corrected chi connectivity index (χ0v) is 9.47. The molecule has 2 atom stereocenters. The Hall–Kier alpha value is -0.560. The van der Waals surface area contributed by atoms with Crippen molar-refractivity contribution in [3.8, 4) is 0 Å². The Labute approximate surface area is 94.5 Å². The van der Waals surface area contributed by atoms with Crippen LogP contribution in [0, 0.1) is 0 Å². The number of nitrogens with two attached hydrogens (primary N) is 2. The van der Waals surface area contributed by atoms with Crippen molar-refractivity contribution in [1.82, 2.24) is 0 Å². The second kappa shape index (κ2) is 12.4. The highest BCUT2D eigenvalue weighted by Crippen LogP contribution is 1.68. The molecule has 88 valence electrons. The fourth-order valence-corrected chi connectivity index (χ4v) is 0. The van der Waals surface area contributed by atoms with Gasteiger partial charge in [-0.25, -0.2) is 0 Å². The van der Waals surface area contributed by atoms with Crippen LogP contribution in [-0.2, 0) is 9.59 Å². The van der Waals surface area contributed by atoms with E-state index in [4.69, 9.17) is 21.7 Å². The maximum absolute atomic E-state index is 9.57. The summed E-state index contributed by atoms with van der Waals surface area (Å²) in [6.45, 7) is 2.84. The largest absolute Gasteiger partial charge is 0.480 e. The van der Waals surface area contributed by atoms with Gasteiger partial charge in [0.15, 0.2) is 0 Å². The predicted octanol–water partition coefficient (Wildman–Crippen LogP) is -0.320. The van der Waals surface area contributed by atoms with Crippen molar-refractivity contribution in [2.75, 3.05) is 0 Å². The minimum Gasteiger partial charge on any atom is -0.480 e. The van der Waals surface area contributed by atoms with E-state index in [2.05, 4.69) is 0 Å². The lowest BCUT2D eigenvalue weighted by atomic mass is 10.4. The Bertz CT molecular complexity index is 146. The first-order chi connectivity index (χ1) is 5.29. The number of carbonyl (C=O) groups is 2. The smallest absolute Gasteiger partial charge is 0.320 e. The summed E-state index contributed by atoms with van der Waals surface area (Å²) in [7, 11) is 0. The van der Waals surface area contributed by atoms with Gasteiger partial charge in [0, 0.05) is 0 Å². The van der Waals surface area contributed by atoms with Crippen LogP contribution in [0.2, 0.25) is 0 Å². The van der Waals surface area contributed by atoms with Crippen molar-refractivity contribution < 1.29 is 19.8 Å². The summed E-state index contributed by atoms with van der Waals surface area (Å²) in [4.78, 5) is 19.1. The molecule has 0 aliphatic carbocycles. The first-order valence-electron chi connectivity index (χ1n) is 3.25. The molecule has 0 aromatic carbocycles. The molecule has 0 bridgehead atoms. The molecule has 6 N–H and O–H groups in total. The molecule has 0 amide bonds. The number of halogens is 2. The SMILES string of the molecule is C[C@H](N)C(=O)O.C[C@H](N)C(=O)O.Cl.Cl. The van der Waals surface area contributed by atoms with Crippen molar-refractivity contribution >= 4 is 36.8 Å². The lowest BCUT2D eigenvalue weighted by Gasteiger charge is -1.90. The highest BCUT2D eigenvalue weighted by atomic mass is 35.5. The molecule has 0 aliphatic rings. The van der Waals surface area contributed by atoms with E-state index in [9.17, 15) is 9.59 Å². The summed E-state index contributed by atoms with van der Waals surface area (Å²) in [5, 5.41) is 15.7. The standard InChI is InChI=1S/2C3H7NO2.2ClH/c2*1-2(4)3(5)6;;/h2*2H,4H2,1H3,(H,5,6);2*1H/t2*2-;;/m00../s1. The minimum atomic E-state index is -0.963. The zero-order chi connectivity index (χ0) is 10.3. The Balaban J connectivity index is -0.0000000625. The molecule has 0 fully saturated rings. The van der Waals surface area contributed by atoms with Crippen molar-refractivity contribution in [3.05, 3.63) is 0 Å². The molecule has 0 saturated carbocycles. The van der Waals surface area contributed by atoms with E-state index >= 15 is 0 Å². The Morgan fingerprint density at radius 3 is 1.00 bits per heavy atom. The zero-order valence-electron chi connectivity index (χ0n) is 7.84. The van der Waals surface area contributed by atoms with Crippen LogP contribution >= 0.6 is 24.8 Å². The van der Waals surface area contributed by atoms with Crippen LogP contribution in [0.5, 0.6) is 0 Å². The number of aliphatic carboxylic acids is 2. The van der Waals surface area contributed by atoms with Crippen molar-refractivity contribution in [2.45, 2.75) is 25.9 Å². The third kappa shape index (κ3) is 22.5. The van der Waals surface area contributed by atoms with Gasteiger partial charge in [-0.15, -0.1) is 24.8 Å². The van der Waals surface area contributed by atoms with E-state index < -0.39 is 24.0 Å². The van der Waals surface area contributed by atoms with E-state index in [1.165, 1.54) is 13.8 Å². The summed E-state index contributed by atoms with van der Waals surface area (Å²) in [5.41, 5.74) is 9.67. The van der Waals surface area contributed by atoms with Gasteiger partial charge in [0.25, 0.3) is 0 Å². The van der Waals surface area contributed by atoms with E-state index in [1.54, 1.807) is 0 Å². The summed E-state index contributed by atoms with van der Waals surface area (Å²) >= 11 is 0. The molecule has 0 rings (SSSR count). The maximum atomic E-state index is 9.57. The average Bonchev–Trinajstić information content (AvgIpc) is 1.88. The van der Waals surface area contributed by atoms with Crippen LogP contribution in [-0.4, -0.2) is 34.2 Å². The number of carboxylic acids is 2. The highest BCUT2D eigenvalue weighted by molar-refractivity contribution is 5.85. The van der Waals surface area contributed by atoms with Gasteiger partial charge in [0.2, 0.25) is 0 Å². The van der Waals surface area contributed by atoms with Crippen LogP contribution in [0.15, 0.2) is 0 Å². The van der Waals surface area contributed by atoms with Gasteiger partial charge >= 0.3 is 11.9 Å². The van der Waals surface area contributed by atoms with Crippen molar-refractivity contribution in [3.63, 3.8) is 0 Å². The second-order valence-corrected chi connectivity index (χ2v) is 2.25. The van der Waals surface area contributed by atoms with E-state index in [0.29, 0.717) is 0 Å². The average molecular weight is 251 g/mol. The Kier molecular flexibility index (Phi) is 20.7. The van der Waals surface area contributed by atoms with Gasteiger partial charge < -0.3 is 21.7 Å². The van der Waals surface area contributed by atoms with Gasteiger partial charge in [0.1, 0.15) is 12.1 Å². The fraction of sp³-hybridized carbons (Fsp3) is 0.667. The van der Waals surface area contributed by atoms with E-state index in [0.717, 1.165) is 0 Å². The van der Waals surface area contributed by atoms with E-state index in [-0.39, 0.29) is 24.8 Å². The summed E-state index contributed by atoms with van der Waals surface area (Å²) in [6.07, 6.45) is 0. The molecule has 0 unspecified atom stereocenters. The van der Waals surface area contributed by atoms with Crippen LogP contribution < -0.4 is 11.5 Å². The first-order valence-corrected chi connectivity index (χ1v) is 3.25. The van der Waals surface area contributed by atoms with Gasteiger partial charge in [-0.2, -0.15) is 0 Å². The molecule has 0 saturated heterocycles. The topological polar surface area (TPSA) is 127 Å². The van der Waals surface area contributed by atoms with Gasteiger partial charge in [-0.05, 0) is 13.8 Å². The summed E-state index contributed by atoms with van der Waals surface area (Å²) in [5.74, 6) is -1.93. The molecule has 0 aromatic rings. The van der Waals surface area contributed by atoms with Crippen molar-refractivity contribution in [1.29, 1.82) is 0 Å². The lowest BCUT2D eigenvalue weighted by Crippen LogP contribution is -2.25. The van der Waals surface area contributed by atoms with Gasteiger partial charge in [-0.1, -0.05) is 0 Å². The highest BCUT2D eigenvalue weighted by Gasteiger charge is 2.00. The Morgan fingerprint density at radius 2 is 1.00 bits per heavy atom. The van der Waals surface area contributed by atoms with Crippen LogP contribution in [0.3, 0.4) is 0 Å². The molecular formula is C6H16Cl2N2O4. The molecule has 0 spiro atoms. The third-order valence-corrected chi connectivity index (χ3v) is 0.779. The summed E-state index contributed by atoms with van der Waals surface area (Å²) < 4.78 is 0. The van der Waals surface area contributed by atoms with Crippen molar-refractivity contribution in [2.24, 2.45) is 11.5 Å². The number of hydrogen-bond acceptors (Lipinski definition) is 4.